The van der Waals surface area contributed by atoms with E-state index in [1.165, 1.54) is 0 Å². The fraction of sp³-hybridized carbons (Fsp3) is 0.375. The Labute approximate surface area is 198 Å². The van der Waals surface area contributed by atoms with Crippen LogP contribution in [-0.4, -0.2) is 55.0 Å². The van der Waals surface area contributed by atoms with E-state index in [9.17, 15) is 14.4 Å². The zero-order chi connectivity index (χ0) is 23.5. The summed E-state index contributed by atoms with van der Waals surface area (Å²) in [7, 11) is 0. The summed E-state index contributed by atoms with van der Waals surface area (Å²) in [5.74, 6) is -0.832. The quantitative estimate of drug-likeness (QED) is 0.719. The van der Waals surface area contributed by atoms with Crippen LogP contribution in [0, 0.1) is 0 Å². The Kier molecular flexibility index (Phi) is 6.74. The van der Waals surface area contributed by atoms with Crippen molar-refractivity contribution in [1.29, 1.82) is 0 Å². The van der Waals surface area contributed by atoms with Gasteiger partial charge in [0.25, 0.3) is 5.91 Å². The van der Waals surface area contributed by atoms with E-state index in [4.69, 9.17) is 17.3 Å². The number of benzene rings is 2. The molecule has 1 fully saturated rings. The number of fused-ring (bicyclic) bond motifs is 1. The van der Waals surface area contributed by atoms with Crippen molar-refractivity contribution in [3.63, 3.8) is 0 Å². The largest absolute Gasteiger partial charge is 0.371 e. The van der Waals surface area contributed by atoms with Crippen molar-refractivity contribution in [3.8, 4) is 0 Å². The van der Waals surface area contributed by atoms with Gasteiger partial charge in [0.15, 0.2) is 0 Å². The first-order chi connectivity index (χ1) is 15.8. The molecule has 0 bridgehead atoms. The van der Waals surface area contributed by atoms with Gasteiger partial charge in [-0.05, 0) is 49.6 Å². The van der Waals surface area contributed by atoms with Crippen LogP contribution in [0.5, 0.6) is 0 Å². The van der Waals surface area contributed by atoms with Gasteiger partial charge in [-0.3, -0.25) is 9.59 Å². The van der Waals surface area contributed by atoms with Crippen LogP contribution in [0.1, 0.15) is 35.7 Å². The van der Waals surface area contributed by atoms with Gasteiger partial charge in [0.2, 0.25) is 5.91 Å². The highest BCUT2D eigenvalue weighted by Gasteiger charge is 2.32. The normalized spacial score (nSPS) is 18.0. The minimum atomic E-state index is -0.616. The monoisotopic (exact) mass is 469 g/mol. The Hall–Kier alpha value is -3.26. The van der Waals surface area contributed by atoms with Crippen molar-refractivity contribution in [2.75, 3.05) is 36.0 Å². The molecular weight excluding hydrogens is 442 g/mol. The molecule has 33 heavy (non-hydrogen) atoms. The van der Waals surface area contributed by atoms with E-state index >= 15 is 0 Å². The molecule has 0 aliphatic carbocycles. The van der Waals surface area contributed by atoms with E-state index in [0.29, 0.717) is 17.1 Å². The van der Waals surface area contributed by atoms with Crippen molar-refractivity contribution < 1.29 is 14.4 Å². The highest BCUT2D eigenvalue weighted by molar-refractivity contribution is 6.34. The third-order valence-electron chi connectivity index (χ3n) is 6.18. The van der Waals surface area contributed by atoms with Crippen LogP contribution in [-0.2, 0) is 11.3 Å². The van der Waals surface area contributed by atoms with Gasteiger partial charge >= 0.3 is 6.03 Å². The summed E-state index contributed by atoms with van der Waals surface area (Å²) in [5.41, 5.74) is 8.17. The van der Waals surface area contributed by atoms with Crippen molar-refractivity contribution in [1.82, 2.24) is 10.2 Å². The van der Waals surface area contributed by atoms with Gasteiger partial charge < -0.3 is 25.8 Å². The zero-order valence-corrected chi connectivity index (χ0v) is 19.3. The number of halogens is 1. The van der Waals surface area contributed by atoms with Crippen LogP contribution < -0.4 is 20.9 Å². The Morgan fingerprint density at radius 1 is 1.12 bits per heavy atom. The summed E-state index contributed by atoms with van der Waals surface area (Å²) >= 11 is 6.58. The molecule has 1 saturated heterocycles. The molecule has 4 rings (SSSR count). The number of carbonyl (C=O) groups is 3. The molecule has 174 valence electrons. The minimum absolute atomic E-state index is 0.216. The van der Waals surface area contributed by atoms with Crippen molar-refractivity contribution in [2.45, 2.75) is 32.4 Å². The summed E-state index contributed by atoms with van der Waals surface area (Å²) in [5, 5.41) is 2.95. The average Bonchev–Trinajstić information content (AvgIpc) is 3.29. The topological polar surface area (TPSA) is 99.0 Å². The van der Waals surface area contributed by atoms with E-state index in [2.05, 4.69) is 10.2 Å². The van der Waals surface area contributed by atoms with Gasteiger partial charge in [0, 0.05) is 43.6 Å². The molecule has 1 atom stereocenters. The summed E-state index contributed by atoms with van der Waals surface area (Å²) in [6.07, 6.45) is 2.31. The number of hydrogen-bond acceptors (Lipinski definition) is 4. The standard InChI is InChI=1S/C24H28ClN5O3/c1-16-14-30(23(32)19-9-8-18(12-20(19)25)28-10-4-5-11-28)21-7-3-2-6-17(21)15-29(16)24(33)27-13-22(26)31/h2-3,6-9,12,16H,4-5,10-11,13-15H2,1H3,(H2,26,31)(H,27,33)/t16-/m1/s1. The molecule has 0 radical (unpaired) electrons. The minimum Gasteiger partial charge on any atom is -0.371 e. The van der Waals surface area contributed by atoms with Gasteiger partial charge in [-0.1, -0.05) is 29.8 Å². The first-order valence-corrected chi connectivity index (χ1v) is 11.5. The average molecular weight is 470 g/mol. The second-order valence-electron chi connectivity index (χ2n) is 8.50. The van der Waals surface area contributed by atoms with Gasteiger partial charge in [-0.2, -0.15) is 0 Å². The van der Waals surface area contributed by atoms with Crippen LogP contribution in [0.2, 0.25) is 5.02 Å². The van der Waals surface area contributed by atoms with Crippen LogP contribution in [0.4, 0.5) is 16.2 Å². The number of primary amides is 1. The number of para-hydroxylation sites is 1. The number of nitrogens with two attached hydrogens (primary N) is 1. The number of anilines is 2. The molecule has 2 heterocycles. The second-order valence-corrected chi connectivity index (χ2v) is 8.91. The van der Waals surface area contributed by atoms with Crippen molar-refractivity contribution >= 4 is 40.8 Å². The maximum absolute atomic E-state index is 13.7. The molecule has 2 aromatic carbocycles. The SMILES string of the molecule is C[C@@H]1CN(C(=O)c2ccc(N3CCCC3)cc2Cl)c2ccccc2CN1C(=O)NCC(N)=O. The fourth-order valence-electron chi connectivity index (χ4n) is 4.43. The van der Waals surface area contributed by atoms with Gasteiger partial charge in [-0.25, -0.2) is 4.79 Å². The lowest BCUT2D eigenvalue weighted by atomic mass is 10.1. The lowest BCUT2D eigenvalue weighted by Gasteiger charge is -2.29. The highest BCUT2D eigenvalue weighted by atomic mass is 35.5. The van der Waals surface area contributed by atoms with Gasteiger partial charge in [0.1, 0.15) is 0 Å². The first kappa shape index (κ1) is 22.9. The first-order valence-electron chi connectivity index (χ1n) is 11.1. The summed E-state index contributed by atoms with van der Waals surface area (Å²) in [6.45, 7) is 4.19. The van der Waals surface area contributed by atoms with E-state index in [1.807, 2.05) is 43.3 Å². The number of urea groups is 1. The number of nitrogens with one attached hydrogen (secondary N) is 1. The summed E-state index contributed by atoms with van der Waals surface area (Å²) < 4.78 is 0. The van der Waals surface area contributed by atoms with Crippen LogP contribution >= 0.6 is 11.6 Å². The van der Waals surface area contributed by atoms with Crippen LogP contribution in [0.3, 0.4) is 0 Å². The molecule has 3 N–H and O–H groups in total. The fourth-order valence-corrected chi connectivity index (χ4v) is 4.69. The van der Waals surface area contributed by atoms with E-state index < -0.39 is 11.9 Å². The van der Waals surface area contributed by atoms with E-state index in [1.54, 1.807) is 15.9 Å². The van der Waals surface area contributed by atoms with Gasteiger partial charge in [-0.15, -0.1) is 0 Å². The lowest BCUT2D eigenvalue weighted by Crippen LogP contribution is -2.49. The number of rotatable bonds is 4. The van der Waals surface area contributed by atoms with E-state index in [0.717, 1.165) is 42.9 Å². The summed E-state index contributed by atoms with van der Waals surface area (Å²) in [6, 6.07) is 12.4. The molecule has 0 unspecified atom stereocenters. The molecule has 9 heteroatoms. The molecule has 0 spiro atoms. The third-order valence-corrected chi connectivity index (χ3v) is 6.49. The second kappa shape index (κ2) is 9.70. The molecule has 2 aliphatic heterocycles. The zero-order valence-electron chi connectivity index (χ0n) is 18.6. The lowest BCUT2D eigenvalue weighted by molar-refractivity contribution is -0.117. The van der Waals surface area contributed by atoms with Crippen LogP contribution in [0.15, 0.2) is 42.5 Å². The van der Waals surface area contributed by atoms with E-state index in [-0.39, 0.29) is 25.0 Å². The molecule has 2 aromatic rings. The maximum Gasteiger partial charge on any atom is 0.318 e. The maximum atomic E-state index is 13.7. The third kappa shape index (κ3) is 4.90. The van der Waals surface area contributed by atoms with Crippen molar-refractivity contribution in [2.24, 2.45) is 5.73 Å². The number of carbonyl (C=O) groups excluding carboxylic acids is 3. The molecule has 0 saturated carbocycles. The van der Waals surface area contributed by atoms with Crippen LogP contribution in [0.25, 0.3) is 0 Å². The highest BCUT2D eigenvalue weighted by Crippen LogP contribution is 2.32. The Bertz CT molecular complexity index is 1070. The molecule has 4 amide bonds. The Morgan fingerprint density at radius 2 is 1.85 bits per heavy atom. The predicted molar refractivity (Wildman–Crippen MR) is 129 cm³/mol. The predicted octanol–water partition coefficient (Wildman–Crippen LogP) is 2.99. The number of amides is 4. The smallest absolute Gasteiger partial charge is 0.318 e. The summed E-state index contributed by atoms with van der Waals surface area (Å²) in [4.78, 5) is 43.0. The van der Waals surface area contributed by atoms with Gasteiger partial charge in [0.05, 0.1) is 17.1 Å². The number of nitrogens with zero attached hydrogens (tertiary/aromatic N) is 3. The number of hydrogen-bond donors (Lipinski definition) is 2. The Morgan fingerprint density at radius 3 is 2.55 bits per heavy atom. The molecule has 2 aliphatic rings. The Balaban J connectivity index is 1.62. The molecule has 8 nitrogen and oxygen atoms in total. The van der Waals surface area contributed by atoms with Crippen molar-refractivity contribution in [3.05, 3.63) is 58.6 Å². The molecule has 0 aromatic heterocycles. The molecular formula is C24H28ClN5O3.